The van der Waals surface area contributed by atoms with Crippen LogP contribution in [0.5, 0.6) is 5.75 Å². The first kappa shape index (κ1) is 24.9. The van der Waals surface area contributed by atoms with Crippen molar-refractivity contribution in [2.45, 2.75) is 53.2 Å². The standard InChI is InChI=1S/C25H31NO4.ClH/c1-24(2,3)23(28)30-16(14-26-25(4,5)6)15-29-20-13-9-12-19-21(20)17-10-7-8-11-18(17)22(19)27;/h7-13,16,26H,14-15H2,1-6H3;1H. The maximum absolute atomic E-state index is 12.7. The number of benzene rings is 2. The predicted molar refractivity (Wildman–Crippen MR) is 125 cm³/mol. The van der Waals surface area contributed by atoms with Gasteiger partial charge in [0.2, 0.25) is 0 Å². The second kappa shape index (κ2) is 9.41. The van der Waals surface area contributed by atoms with Crippen LogP contribution in [0.3, 0.4) is 0 Å². The molecule has 0 saturated heterocycles. The van der Waals surface area contributed by atoms with E-state index in [1.165, 1.54) is 0 Å². The molecule has 2 aromatic carbocycles. The minimum Gasteiger partial charge on any atom is -0.489 e. The molecule has 1 N–H and O–H groups in total. The van der Waals surface area contributed by atoms with E-state index in [0.717, 1.165) is 11.1 Å². The zero-order valence-corrected chi connectivity index (χ0v) is 19.9. The van der Waals surface area contributed by atoms with Crippen molar-refractivity contribution in [1.29, 1.82) is 0 Å². The number of esters is 1. The summed E-state index contributed by atoms with van der Waals surface area (Å²) >= 11 is 0. The van der Waals surface area contributed by atoms with E-state index in [0.29, 0.717) is 23.4 Å². The highest BCUT2D eigenvalue weighted by Gasteiger charge is 2.30. The second-order valence-corrected chi connectivity index (χ2v) is 9.77. The molecule has 0 spiro atoms. The molecule has 1 unspecified atom stereocenters. The van der Waals surface area contributed by atoms with Crippen LogP contribution < -0.4 is 10.1 Å². The van der Waals surface area contributed by atoms with Gasteiger partial charge < -0.3 is 14.8 Å². The van der Waals surface area contributed by atoms with Crippen molar-refractivity contribution in [2.75, 3.05) is 13.2 Å². The predicted octanol–water partition coefficient (Wildman–Crippen LogP) is 5.04. The van der Waals surface area contributed by atoms with Gasteiger partial charge in [-0.3, -0.25) is 9.59 Å². The van der Waals surface area contributed by atoms with E-state index < -0.39 is 11.5 Å². The molecule has 6 heteroatoms. The zero-order chi connectivity index (χ0) is 22.1. The number of carbonyl (C=O) groups excluding carboxylic acids is 2. The molecular weight excluding hydrogens is 414 g/mol. The van der Waals surface area contributed by atoms with Gasteiger partial charge in [0.15, 0.2) is 5.78 Å². The fraction of sp³-hybridized carbons (Fsp3) is 0.440. The van der Waals surface area contributed by atoms with Crippen LogP contribution in [0, 0.1) is 5.41 Å². The van der Waals surface area contributed by atoms with Crippen molar-refractivity contribution in [3.05, 3.63) is 53.6 Å². The number of fused-ring (bicyclic) bond motifs is 3. The van der Waals surface area contributed by atoms with Gasteiger partial charge in [-0.2, -0.15) is 0 Å². The number of rotatable bonds is 6. The third-order valence-corrected chi connectivity index (χ3v) is 4.88. The van der Waals surface area contributed by atoms with Crippen LogP contribution in [0.1, 0.15) is 57.5 Å². The Morgan fingerprint density at radius 2 is 1.55 bits per heavy atom. The molecular formula is C25H32ClNO4. The molecule has 1 atom stereocenters. The maximum Gasteiger partial charge on any atom is 0.311 e. The summed E-state index contributed by atoms with van der Waals surface area (Å²) in [6.45, 7) is 12.3. The zero-order valence-electron chi connectivity index (χ0n) is 19.1. The Kier molecular flexibility index (Phi) is 7.56. The van der Waals surface area contributed by atoms with Gasteiger partial charge in [-0.1, -0.05) is 36.4 Å². The molecule has 0 aromatic heterocycles. The van der Waals surface area contributed by atoms with E-state index in [-0.39, 0.29) is 36.3 Å². The van der Waals surface area contributed by atoms with E-state index in [1.54, 1.807) is 0 Å². The van der Waals surface area contributed by atoms with Gasteiger partial charge in [-0.25, -0.2) is 0 Å². The van der Waals surface area contributed by atoms with Crippen molar-refractivity contribution < 1.29 is 19.1 Å². The number of halogens is 1. The van der Waals surface area contributed by atoms with Crippen LogP contribution in [0.15, 0.2) is 42.5 Å². The molecule has 0 fully saturated rings. The fourth-order valence-corrected chi connectivity index (χ4v) is 3.23. The Labute approximate surface area is 190 Å². The topological polar surface area (TPSA) is 64.6 Å². The summed E-state index contributed by atoms with van der Waals surface area (Å²) < 4.78 is 11.9. The molecule has 1 aliphatic rings. The van der Waals surface area contributed by atoms with Crippen LogP contribution in [0.4, 0.5) is 0 Å². The molecule has 0 heterocycles. The number of nitrogens with one attached hydrogen (secondary N) is 1. The van der Waals surface area contributed by atoms with E-state index in [2.05, 4.69) is 26.1 Å². The van der Waals surface area contributed by atoms with Crippen molar-refractivity contribution in [1.82, 2.24) is 5.32 Å². The third kappa shape index (κ3) is 5.86. The second-order valence-electron chi connectivity index (χ2n) is 9.77. The summed E-state index contributed by atoms with van der Waals surface area (Å²) in [5, 5.41) is 3.38. The lowest BCUT2D eigenvalue weighted by molar-refractivity contribution is -0.160. The molecule has 1 aliphatic carbocycles. The van der Waals surface area contributed by atoms with E-state index in [9.17, 15) is 9.59 Å². The van der Waals surface area contributed by atoms with E-state index in [4.69, 9.17) is 9.47 Å². The largest absolute Gasteiger partial charge is 0.489 e. The monoisotopic (exact) mass is 445 g/mol. The fourth-order valence-electron chi connectivity index (χ4n) is 3.23. The minimum absolute atomic E-state index is 0. The Balaban J connectivity index is 0.00000341. The highest BCUT2D eigenvalue weighted by atomic mass is 35.5. The number of ketones is 1. The number of hydrogen-bond donors (Lipinski definition) is 1. The summed E-state index contributed by atoms with van der Waals surface area (Å²) in [7, 11) is 0. The molecule has 2 aromatic rings. The summed E-state index contributed by atoms with van der Waals surface area (Å²) in [5.74, 6) is 0.361. The maximum atomic E-state index is 12.7. The molecule has 31 heavy (non-hydrogen) atoms. The van der Waals surface area contributed by atoms with Gasteiger partial charge in [0.05, 0.1) is 5.41 Å². The van der Waals surface area contributed by atoms with Crippen LogP contribution in [-0.4, -0.2) is 36.5 Å². The number of ether oxygens (including phenoxy) is 2. The van der Waals surface area contributed by atoms with Crippen LogP contribution in [-0.2, 0) is 9.53 Å². The lowest BCUT2D eigenvalue weighted by atomic mass is 9.97. The quantitative estimate of drug-likeness (QED) is 0.538. The molecule has 0 saturated carbocycles. The van der Waals surface area contributed by atoms with Crippen molar-refractivity contribution in [2.24, 2.45) is 5.41 Å². The van der Waals surface area contributed by atoms with Crippen LogP contribution in [0.25, 0.3) is 11.1 Å². The first-order chi connectivity index (χ1) is 14.0. The van der Waals surface area contributed by atoms with Crippen molar-refractivity contribution in [3.8, 4) is 16.9 Å². The van der Waals surface area contributed by atoms with Crippen molar-refractivity contribution in [3.63, 3.8) is 0 Å². The van der Waals surface area contributed by atoms with Crippen LogP contribution in [0.2, 0.25) is 0 Å². The molecule has 0 amide bonds. The Hall–Kier alpha value is -2.37. The third-order valence-electron chi connectivity index (χ3n) is 4.88. The molecule has 168 valence electrons. The van der Waals surface area contributed by atoms with Crippen LogP contribution >= 0.6 is 12.4 Å². The SMILES string of the molecule is CC(C)(C)NCC(COc1cccc2c1-c1ccccc1C2=O)OC(=O)C(C)(C)C.Cl. The average molecular weight is 446 g/mol. The highest BCUT2D eigenvalue weighted by molar-refractivity contribution is 6.22. The minimum atomic E-state index is -0.598. The summed E-state index contributed by atoms with van der Waals surface area (Å²) in [4.78, 5) is 25.2. The summed E-state index contributed by atoms with van der Waals surface area (Å²) in [6.07, 6.45) is -0.459. The van der Waals surface area contributed by atoms with Gasteiger partial charge in [0, 0.05) is 28.8 Å². The normalized spacial score (nSPS) is 13.7. The van der Waals surface area contributed by atoms with E-state index >= 15 is 0 Å². The Morgan fingerprint density at radius 1 is 0.935 bits per heavy atom. The molecule has 0 radical (unpaired) electrons. The number of hydrogen-bond acceptors (Lipinski definition) is 5. The first-order valence-electron chi connectivity index (χ1n) is 10.3. The Bertz CT molecular complexity index is 957. The Morgan fingerprint density at radius 3 is 2.16 bits per heavy atom. The lowest BCUT2D eigenvalue weighted by Crippen LogP contribution is -2.45. The first-order valence-corrected chi connectivity index (χ1v) is 10.3. The van der Waals surface area contributed by atoms with E-state index in [1.807, 2.05) is 63.2 Å². The summed E-state index contributed by atoms with van der Waals surface area (Å²) in [6, 6.07) is 13.0. The number of carbonyl (C=O) groups is 2. The summed E-state index contributed by atoms with van der Waals surface area (Å²) in [5.41, 5.74) is 2.30. The lowest BCUT2D eigenvalue weighted by Gasteiger charge is -2.28. The van der Waals surface area contributed by atoms with Gasteiger partial charge >= 0.3 is 5.97 Å². The van der Waals surface area contributed by atoms with Gasteiger partial charge in [-0.15, -0.1) is 12.4 Å². The highest BCUT2D eigenvalue weighted by Crippen LogP contribution is 2.42. The molecule has 0 aliphatic heterocycles. The average Bonchev–Trinajstić information content (AvgIpc) is 2.96. The molecule has 3 rings (SSSR count). The smallest absolute Gasteiger partial charge is 0.311 e. The van der Waals surface area contributed by atoms with Crippen molar-refractivity contribution >= 4 is 24.2 Å². The van der Waals surface area contributed by atoms with Gasteiger partial charge in [0.25, 0.3) is 0 Å². The van der Waals surface area contributed by atoms with Gasteiger partial charge in [-0.05, 0) is 53.2 Å². The molecule has 0 bridgehead atoms. The van der Waals surface area contributed by atoms with Gasteiger partial charge in [0.1, 0.15) is 18.5 Å². The molecule has 5 nitrogen and oxygen atoms in total.